The predicted octanol–water partition coefficient (Wildman–Crippen LogP) is 2.88. The summed E-state index contributed by atoms with van der Waals surface area (Å²) in [5.74, 6) is -0.287. The number of carbonyl (C=O) groups excluding carboxylic acids is 1. The van der Waals surface area contributed by atoms with Crippen LogP contribution in [0.15, 0.2) is 42.5 Å². The highest BCUT2D eigenvalue weighted by atomic mass is 35.5. The number of ether oxygens (including phenoxy) is 1. The molecule has 9 heteroatoms. The van der Waals surface area contributed by atoms with Crippen molar-refractivity contribution in [3.63, 3.8) is 0 Å². The van der Waals surface area contributed by atoms with Gasteiger partial charge < -0.3 is 10.1 Å². The highest BCUT2D eigenvalue weighted by molar-refractivity contribution is 7.92. The Labute approximate surface area is 168 Å². The first-order valence-electron chi connectivity index (χ1n) is 8.30. The Bertz CT molecular complexity index is 950. The topological polar surface area (TPSA) is 75.7 Å². The molecule has 0 saturated heterocycles. The summed E-state index contributed by atoms with van der Waals surface area (Å²) in [6, 6.07) is 12.1. The Morgan fingerprint density at radius 3 is 2.74 bits per heavy atom. The van der Waals surface area contributed by atoms with Crippen LogP contribution in [0.2, 0.25) is 10.0 Å². The summed E-state index contributed by atoms with van der Waals surface area (Å²) in [6.07, 6.45) is 0.692. The number of anilines is 1. The first-order valence-corrected chi connectivity index (χ1v) is 10.7. The lowest BCUT2D eigenvalue weighted by Gasteiger charge is -2.19. The van der Waals surface area contributed by atoms with E-state index in [4.69, 9.17) is 27.9 Å². The van der Waals surface area contributed by atoms with Crippen LogP contribution in [0.1, 0.15) is 5.56 Å². The number of benzene rings is 2. The Hall–Kier alpha value is -1.96. The fourth-order valence-electron chi connectivity index (χ4n) is 2.81. The van der Waals surface area contributed by atoms with E-state index in [1.54, 1.807) is 18.2 Å². The van der Waals surface area contributed by atoms with E-state index >= 15 is 0 Å². The molecular weight excluding hydrogens is 411 g/mol. The SMILES string of the molecule is O=C(COc1ccc(Cl)cc1Cl)NCCS(=O)(=O)N1CCc2ccccc21. The minimum Gasteiger partial charge on any atom is -0.482 e. The molecule has 1 N–H and O–H groups in total. The van der Waals surface area contributed by atoms with Crippen molar-refractivity contribution in [2.45, 2.75) is 6.42 Å². The maximum Gasteiger partial charge on any atom is 0.257 e. The number of sulfonamides is 1. The quantitative estimate of drug-likeness (QED) is 0.735. The summed E-state index contributed by atoms with van der Waals surface area (Å²) in [5.41, 5.74) is 1.72. The third kappa shape index (κ3) is 4.86. The van der Waals surface area contributed by atoms with Gasteiger partial charge in [0.25, 0.3) is 5.91 Å². The summed E-state index contributed by atoms with van der Waals surface area (Å²) in [5, 5.41) is 3.31. The van der Waals surface area contributed by atoms with Crippen LogP contribution in [-0.2, 0) is 21.2 Å². The van der Waals surface area contributed by atoms with Crippen molar-refractivity contribution in [1.29, 1.82) is 0 Å². The molecular formula is C18H18Cl2N2O4S. The molecule has 0 fully saturated rings. The van der Waals surface area contributed by atoms with Gasteiger partial charge in [-0.2, -0.15) is 0 Å². The Kier molecular flexibility index (Phi) is 6.14. The second kappa shape index (κ2) is 8.37. The number of hydrogen-bond donors (Lipinski definition) is 1. The minimum absolute atomic E-state index is 0.00244. The molecule has 0 atom stereocenters. The van der Waals surface area contributed by atoms with Crippen molar-refractivity contribution in [3.8, 4) is 5.75 Å². The van der Waals surface area contributed by atoms with E-state index in [1.165, 1.54) is 10.4 Å². The van der Waals surface area contributed by atoms with Gasteiger partial charge in [-0.15, -0.1) is 0 Å². The molecule has 3 rings (SSSR count). The number of nitrogens with zero attached hydrogens (tertiary/aromatic N) is 1. The van der Waals surface area contributed by atoms with E-state index in [0.717, 1.165) is 5.56 Å². The Morgan fingerprint density at radius 2 is 1.96 bits per heavy atom. The first-order chi connectivity index (χ1) is 12.9. The summed E-state index contributed by atoms with van der Waals surface area (Å²) < 4.78 is 31.8. The Morgan fingerprint density at radius 1 is 1.19 bits per heavy atom. The average molecular weight is 429 g/mol. The van der Waals surface area contributed by atoms with Gasteiger partial charge >= 0.3 is 0 Å². The number of carbonyl (C=O) groups is 1. The van der Waals surface area contributed by atoms with E-state index < -0.39 is 15.9 Å². The molecule has 0 bridgehead atoms. The van der Waals surface area contributed by atoms with Gasteiger partial charge in [0.1, 0.15) is 5.75 Å². The molecule has 2 aromatic carbocycles. The number of hydrogen-bond acceptors (Lipinski definition) is 4. The van der Waals surface area contributed by atoms with Crippen LogP contribution in [0.25, 0.3) is 0 Å². The average Bonchev–Trinajstić information content (AvgIpc) is 3.06. The Balaban J connectivity index is 1.48. The molecule has 0 saturated carbocycles. The molecule has 0 aliphatic carbocycles. The second-order valence-corrected chi connectivity index (χ2v) is 8.84. The van der Waals surface area contributed by atoms with Gasteiger partial charge in [-0.05, 0) is 36.2 Å². The van der Waals surface area contributed by atoms with Crippen LogP contribution in [0.4, 0.5) is 5.69 Å². The molecule has 0 aromatic heterocycles. The second-order valence-electron chi connectivity index (χ2n) is 5.98. The van der Waals surface area contributed by atoms with Crippen molar-refractivity contribution in [2.24, 2.45) is 0 Å². The smallest absolute Gasteiger partial charge is 0.257 e. The van der Waals surface area contributed by atoms with Crippen molar-refractivity contribution < 1.29 is 17.9 Å². The van der Waals surface area contributed by atoms with Gasteiger partial charge in [0, 0.05) is 18.1 Å². The van der Waals surface area contributed by atoms with E-state index in [-0.39, 0.29) is 18.9 Å². The molecule has 6 nitrogen and oxygen atoms in total. The first kappa shape index (κ1) is 19.8. The van der Waals surface area contributed by atoms with Crippen LogP contribution in [0.3, 0.4) is 0 Å². The molecule has 0 unspecified atom stereocenters. The van der Waals surface area contributed by atoms with Gasteiger partial charge in [-0.1, -0.05) is 41.4 Å². The number of para-hydroxylation sites is 1. The van der Waals surface area contributed by atoms with Crippen molar-refractivity contribution in [3.05, 3.63) is 58.1 Å². The number of fused-ring (bicyclic) bond motifs is 1. The third-order valence-electron chi connectivity index (χ3n) is 4.12. The number of halogens is 2. The van der Waals surface area contributed by atoms with Gasteiger partial charge in [0.2, 0.25) is 10.0 Å². The monoisotopic (exact) mass is 428 g/mol. The van der Waals surface area contributed by atoms with E-state index in [1.807, 2.05) is 18.2 Å². The summed E-state index contributed by atoms with van der Waals surface area (Å²) in [4.78, 5) is 11.9. The summed E-state index contributed by atoms with van der Waals surface area (Å²) >= 11 is 11.8. The van der Waals surface area contributed by atoms with Gasteiger partial charge in [-0.3, -0.25) is 9.10 Å². The fraction of sp³-hybridized carbons (Fsp3) is 0.278. The van der Waals surface area contributed by atoms with Crippen molar-refractivity contribution in [1.82, 2.24) is 5.32 Å². The zero-order chi connectivity index (χ0) is 19.4. The van der Waals surface area contributed by atoms with E-state index in [9.17, 15) is 13.2 Å². The van der Waals surface area contributed by atoms with Crippen LogP contribution in [0.5, 0.6) is 5.75 Å². The van der Waals surface area contributed by atoms with Gasteiger partial charge in [0.05, 0.1) is 16.5 Å². The van der Waals surface area contributed by atoms with Crippen LogP contribution in [-0.4, -0.2) is 39.8 Å². The lowest BCUT2D eigenvalue weighted by molar-refractivity contribution is -0.122. The normalized spacial score (nSPS) is 13.3. The molecule has 27 heavy (non-hydrogen) atoms. The molecule has 0 spiro atoms. The lowest BCUT2D eigenvalue weighted by atomic mass is 10.2. The molecule has 1 aliphatic heterocycles. The third-order valence-corrected chi connectivity index (χ3v) is 6.42. The molecule has 144 valence electrons. The van der Waals surface area contributed by atoms with E-state index in [2.05, 4.69) is 5.32 Å². The van der Waals surface area contributed by atoms with Gasteiger partial charge in [-0.25, -0.2) is 8.42 Å². The van der Waals surface area contributed by atoms with Crippen LogP contribution >= 0.6 is 23.2 Å². The number of amides is 1. The fourth-order valence-corrected chi connectivity index (χ4v) is 4.70. The molecule has 1 amide bonds. The highest BCUT2D eigenvalue weighted by Gasteiger charge is 2.28. The number of nitrogens with one attached hydrogen (secondary N) is 1. The number of rotatable bonds is 7. The maximum atomic E-state index is 12.5. The summed E-state index contributed by atoms with van der Waals surface area (Å²) in [6.45, 7) is 0.152. The lowest BCUT2D eigenvalue weighted by Crippen LogP contribution is -2.38. The van der Waals surface area contributed by atoms with Gasteiger partial charge in [0.15, 0.2) is 6.61 Å². The standard InChI is InChI=1S/C18H18Cl2N2O4S/c19-14-5-6-17(15(20)11-14)26-12-18(23)21-8-10-27(24,25)22-9-7-13-3-1-2-4-16(13)22/h1-6,11H,7-10,12H2,(H,21,23). The minimum atomic E-state index is -3.51. The van der Waals surface area contributed by atoms with Crippen molar-refractivity contribution >= 4 is 44.8 Å². The van der Waals surface area contributed by atoms with Crippen molar-refractivity contribution in [2.75, 3.05) is 29.8 Å². The highest BCUT2D eigenvalue weighted by Crippen LogP contribution is 2.30. The van der Waals surface area contributed by atoms with E-state index in [0.29, 0.717) is 34.4 Å². The largest absolute Gasteiger partial charge is 0.482 e. The summed E-state index contributed by atoms with van der Waals surface area (Å²) in [7, 11) is -3.51. The molecule has 1 heterocycles. The maximum absolute atomic E-state index is 12.5. The zero-order valence-corrected chi connectivity index (χ0v) is 16.6. The zero-order valence-electron chi connectivity index (χ0n) is 14.3. The molecule has 1 aliphatic rings. The molecule has 0 radical (unpaired) electrons. The molecule has 2 aromatic rings. The van der Waals surface area contributed by atoms with Crippen LogP contribution < -0.4 is 14.4 Å². The predicted molar refractivity (Wildman–Crippen MR) is 106 cm³/mol. The van der Waals surface area contributed by atoms with Crippen LogP contribution in [0, 0.1) is 0 Å².